The van der Waals surface area contributed by atoms with E-state index in [1.807, 2.05) is 26.8 Å². The first-order valence-corrected chi connectivity index (χ1v) is 9.24. The third kappa shape index (κ3) is 4.49. The normalized spacial score (nSPS) is 10.7. The molecule has 0 aliphatic heterocycles. The Bertz CT molecular complexity index is 996. The van der Waals surface area contributed by atoms with Crippen LogP contribution in [0, 0.1) is 17.2 Å². The molecule has 1 amide bonds. The van der Waals surface area contributed by atoms with Crippen LogP contribution in [0.3, 0.4) is 0 Å². The first kappa shape index (κ1) is 21.0. The van der Waals surface area contributed by atoms with Crippen molar-refractivity contribution in [1.82, 2.24) is 9.55 Å². The Labute approximate surface area is 163 Å². The van der Waals surface area contributed by atoms with Crippen molar-refractivity contribution >= 4 is 17.4 Å². The van der Waals surface area contributed by atoms with Gasteiger partial charge in [0.25, 0.3) is 11.5 Å². The number of rotatable bonds is 7. The molecule has 8 nitrogen and oxygen atoms in total. The fourth-order valence-corrected chi connectivity index (χ4v) is 2.86. The van der Waals surface area contributed by atoms with E-state index in [0.29, 0.717) is 24.1 Å². The number of benzene rings is 1. The van der Waals surface area contributed by atoms with E-state index in [1.165, 1.54) is 21.6 Å². The molecule has 0 aliphatic carbocycles. The summed E-state index contributed by atoms with van der Waals surface area (Å²) in [6, 6.07) is 8.15. The van der Waals surface area contributed by atoms with Gasteiger partial charge in [0.05, 0.1) is 11.6 Å². The van der Waals surface area contributed by atoms with Crippen LogP contribution in [0.1, 0.15) is 49.5 Å². The molecule has 0 spiro atoms. The number of nitriles is 1. The van der Waals surface area contributed by atoms with Crippen molar-refractivity contribution in [2.75, 3.05) is 17.2 Å². The molecule has 8 heteroatoms. The van der Waals surface area contributed by atoms with E-state index in [-0.39, 0.29) is 24.0 Å². The maximum Gasteiger partial charge on any atom is 0.330 e. The average Bonchev–Trinajstić information content (AvgIpc) is 2.67. The second-order valence-corrected chi connectivity index (χ2v) is 7.00. The molecule has 28 heavy (non-hydrogen) atoms. The van der Waals surface area contributed by atoms with E-state index in [9.17, 15) is 14.4 Å². The first-order valence-electron chi connectivity index (χ1n) is 9.24. The number of carbonyl (C=O) groups is 1. The van der Waals surface area contributed by atoms with E-state index < -0.39 is 17.2 Å². The van der Waals surface area contributed by atoms with Crippen LogP contribution < -0.4 is 21.9 Å². The lowest BCUT2D eigenvalue weighted by atomic mass is 10.1. The number of nitrogens with one attached hydrogen (secondary N) is 1. The summed E-state index contributed by atoms with van der Waals surface area (Å²) >= 11 is 0. The number of amides is 1. The Kier molecular flexibility index (Phi) is 6.77. The fraction of sp³-hybridized carbons (Fsp3) is 0.400. The van der Waals surface area contributed by atoms with Crippen molar-refractivity contribution in [3.63, 3.8) is 0 Å². The summed E-state index contributed by atoms with van der Waals surface area (Å²) in [6.45, 7) is 6.42. The van der Waals surface area contributed by atoms with Crippen LogP contribution in [0.25, 0.3) is 0 Å². The van der Waals surface area contributed by atoms with Crippen molar-refractivity contribution < 1.29 is 4.79 Å². The number of anilines is 2. The Balaban J connectivity index is 2.59. The monoisotopic (exact) mass is 383 g/mol. The van der Waals surface area contributed by atoms with Crippen LogP contribution in [-0.2, 0) is 6.54 Å². The minimum Gasteiger partial charge on any atom is -0.383 e. The van der Waals surface area contributed by atoms with Gasteiger partial charge < -0.3 is 10.6 Å². The van der Waals surface area contributed by atoms with Gasteiger partial charge in [-0.2, -0.15) is 5.26 Å². The maximum absolute atomic E-state index is 13.1. The van der Waals surface area contributed by atoms with E-state index in [1.54, 1.807) is 12.1 Å². The molecule has 3 N–H and O–H groups in total. The highest BCUT2D eigenvalue weighted by atomic mass is 16.2. The number of H-pyrrole nitrogens is 1. The van der Waals surface area contributed by atoms with E-state index in [0.717, 1.165) is 6.42 Å². The Morgan fingerprint density at radius 1 is 1.29 bits per heavy atom. The Morgan fingerprint density at radius 3 is 2.46 bits per heavy atom. The predicted octanol–water partition coefficient (Wildman–Crippen LogP) is 2.09. The van der Waals surface area contributed by atoms with Gasteiger partial charge in [-0.3, -0.25) is 19.1 Å². The number of hydrogen-bond donors (Lipinski definition) is 2. The molecule has 0 radical (unpaired) electrons. The average molecular weight is 383 g/mol. The van der Waals surface area contributed by atoms with Crippen LogP contribution >= 0.6 is 0 Å². The molecule has 2 rings (SSSR count). The zero-order chi connectivity index (χ0) is 20.8. The van der Waals surface area contributed by atoms with Crippen molar-refractivity contribution in [2.24, 2.45) is 5.92 Å². The Morgan fingerprint density at radius 2 is 1.93 bits per heavy atom. The zero-order valence-corrected chi connectivity index (χ0v) is 16.4. The van der Waals surface area contributed by atoms with Gasteiger partial charge in [-0.15, -0.1) is 0 Å². The van der Waals surface area contributed by atoms with Gasteiger partial charge in [0.2, 0.25) is 0 Å². The lowest BCUT2D eigenvalue weighted by Crippen LogP contribution is -2.42. The topological polar surface area (TPSA) is 125 Å². The summed E-state index contributed by atoms with van der Waals surface area (Å²) in [7, 11) is 0. The molecule has 1 heterocycles. The number of aromatic amines is 1. The van der Waals surface area contributed by atoms with Gasteiger partial charge in [0.1, 0.15) is 5.82 Å². The van der Waals surface area contributed by atoms with Crippen molar-refractivity contribution in [2.45, 2.75) is 40.2 Å². The molecular weight excluding hydrogens is 358 g/mol. The molecule has 0 saturated carbocycles. The van der Waals surface area contributed by atoms with Crippen LogP contribution in [0.5, 0.6) is 0 Å². The lowest BCUT2D eigenvalue weighted by Gasteiger charge is -2.25. The van der Waals surface area contributed by atoms with Crippen LogP contribution in [0.15, 0.2) is 33.9 Å². The lowest BCUT2D eigenvalue weighted by molar-refractivity contribution is 0.0986. The van der Waals surface area contributed by atoms with Crippen molar-refractivity contribution in [3.05, 3.63) is 56.2 Å². The summed E-state index contributed by atoms with van der Waals surface area (Å²) in [6.07, 6.45) is 1.46. The quantitative estimate of drug-likeness (QED) is 0.757. The van der Waals surface area contributed by atoms with Gasteiger partial charge >= 0.3 is 5.69 Å². The van der Waals surface area contributed by atoms with Gasteiger partial charge in [-0.25, -0.2) is 4.79 Å². The Hall–Kier alpha value is -3.34. The third-order valence-corrected chi connectivity index (χ3v) is 4.27. The molecule has 1 aromatic heterocycles. The minimum atomic E-state index is -0.694. The van der Waals surface area contributed by atoms with Crippen molar-refractivity contribution in [3.8, 4) is 6.07 Å². The third-order valence-electron chi connectivity index (χ3n) is 4.27. The molecule has 0 atom stereocenters. The molecule has 0 saturated heterocycles. The van der Waals surface area contributed by atoms with Gasteiger partial charge in [-0.05, 0) is 36.6 Å². The number of nitrogen functional groups attached to an aromatic ring is 1. The van der Waals surface area contributed by atoms with E-state index in [4.69, 9.17) is 11.0 Å². The smallest absolute Gasteiger partial charge is 0.330 e. The number of nitrogens with zero attached hydrogens (tertiary/aromatic N) is 3. The number of carbonyl (C=O) groups excluding carboxylic acids is 1. The number of nitrogens with two attached hydrogens (primary N) is 1. The van der Waals surface area contributed by atoms with Crippen LogP contribution in [0.2, 0.25) is 0 Å². The standard InChI is InChI=1S/C20H25N5O3/c1-4-5-10-24(19(27)15-8-6-14(11-21)7-9-15)16-17(22)25(12-13(2)3)20(28)23-18(16)26/h6-9,13H,4-5,10,12,22H2,1-3H3,(H,23,26,28). The van der Waals surface area contributed by atoms with Gasteiger partial charge in [0.15, 0.2) is 5.69 Å². The molecule has 0 bridgehead atoms. The first-order chi connectivity index (χ1) is 13.3. The summed E-state index contributed by atoms with van der Waals surface area (Å²) in [5, 5.41) is 8.93. The van der Waals surface area contributed by atoms with Crippen LogP contribution in [0.4, 0.5) is 11.5 Å². The summed E-state index contributed by atoms with van der Waals surface area (Å²) in [5.41, 5.74) is 5.62. The zero-order valence-electron chi connectivity index (χ0n) is 16.4. The molecule has 2 aromatic rings. The molecule has 0 fully saturated rings. The predicted molar refractivity (Wildman–Crippen MR) is 108 cm³/mol. The minimum absolute atomic E-state index is 0.0249. The molecule has 0 unspecified atom stereocenters. The largest absolute Gasteiger partial charge is 0.383 e. The highest BCUT2D eigenvalue weighted by Gasteiger charge is 2.25. The number of aromatic nitrogens is 2. The molecule has 0 aliphatic rings. The molecular formula is C20H25N5O3. The van der Waals surface area contributed by atoms with Crippen molar-refractivity contribution in [1.29, 1.82) is 5.26 Å². The maximum atomic E-state index is 13.1. The summed E-state index contributed by atoms with van der Waals surface area (Å²) in [5.74, 6) is -0.317. The van der Waals surface area contributed by atoms with E-state index in [2.05, 4.69) is 4.98 Å². The van der Waals surface area contributed by atoms with Crippen LogP contribution in [-0.4, -0.2) is 22.0 Å². The van der Waals surface area contributed by atoms with E-state index >= 15 is 0 Å². The fourth-order valence-electron chi connectivity index (χ4n) is 2.86. The molecule has 1 aromatic carbocycles. The SMILES string of the molecule is CCCCN(C(=O)c1ccc(C#N)cc1)c1c(N)n(CC(C)C)c(=O)[nH]c1=O. The summed E-state index contributed by atoms with van der Waals surface area (Å²) in [4.78, 5) is 41.4. The van der Waals surface area contributed by atoms with Gasteiger partial charge in [0, 0.05) is 18.7 Å². The van der Waals surface area contributed by atoms with Gasteiger partial charge in [-0.1, -0.05) is 27.2 Å². The number of unbranched alkanes of at least 4 members (excludes halogenated alkanes) is 1. The second kappa shape index (κ2) is 9.04. The molecule has 148 valence electrons. The highest BCUT2D eigenvalue weighted by molar-refractivity contribution is 6.07. The second-order valence-electron chi connectivity index (χ2n) is 7.00. The number of hydrogen-bond acceptors (Lipinski definition) is 5. The summed E-state index contributed by atoms with van der Waals surface area (Å²) < 4.78 is 1.28. The highest BCUT2D eigenvalue weighted by Crippen LogP contribution is 2.21.